The minimum absolute atomic E-state index is 0.124. The molecule has 3 rings (SSSR count). The number of carbonyl (C=O) groups is 1. The van der Waals surface area contributed by atoms with E-state index >= 15 is 0 Å². The van der Waals surface area contributed by atoms with Crippen LogP contribution in [0.25, 0.3) is 0 Å². The van der Waals surface area contributed by atoms with Crippen LogP contribution in [0.1, 0.15) is 61.7 Å². The van der Waals surface area contributed by atoms with Crippen LogP contribution in [-0.2, 0) is 4.74 Å². The number of hydrogen-bond acceptors (Lipinski definition) is 4. The van der Waals surface area contributed by atoms with Gasteiger partial charge in [-0.25, -0.2) is 4.98 Å². The van der Waals surface area contributed by atoms with Crippen molar-refractivity contribution in [2.45, 2.75) is 57.5 Å². The third kappa shape index (κ3) is 4.94. The maximum absolute atomic E-state index is 12.4. The number of likely N-dealkylation sites (tertiary alicyclic amines) is 1. The van der Waals surface area contributed by atoms with Gasteiger partial charge < -0.3 is 15.0 Å². The van der Waals surface area contributed by atoms with Crippen LogP contribution in [0.3, 0.4) is 0 Å². The monoisotopic (exact) mass is 331 g/mol. The smallest absolute Gasteiger partial charge is 0.254 e. The average molecular weight is 331 g/mol. The van der Waals surface area contributed by atoms with E-state index in [2.05, 4.69) is 10.3 Å². The SMILES string of the molecule is O=C(c1ccnc(NCCCOC2CCCCC2)c1)N1CCCC1. The van der Waals surface area contributed by atoms with Crippen LogP contribution in [-0.4, -0.2) is 48.1 Å². The fourth-order valence-electron chi connectivity index (χ4n) is 3.53. The highest BCUT2D eigenvalue weighted by Gasteiger charge is 2.19. The average Bonchev–Trinajstić information content (AvgIpc) is 3.17. The van der Waals surface area contributed by atoms with E-state index in [0.717, 1.165) is 56.9 Å². The second-order valence-corrected chi connectivity index (χ2v) is 6.84. The van der Waals surface area contributed by atoms with Gasteiger partial charge in [0.25, 0.3) is 5.91 Å². The van der Waals surface area contributed by atoms with Crippen molar-refractivity contribution in [1.29, 1.82) is 0 Å². The van der Waals surface area contributed by atoms with E-state index in [0.29, 0.717) is 6.10 Å². The molecule has 0 atom stereocenters. The molecule has 0 unspecified atom stereocenters. The zero-order valence-corrected chi connectivity index (χ0v) is 14.5. The Morgan fingerprint density at radius 3 is 2.79 bits per heavy atom. The fourth-order valence-corrected chi connectivity index (χ4v) is 3.53. The topological polar surface area (TPSA) is 54.5 Å². The summed E-state index contributed by atoms with van der Waals surface area (Å²) in [6, 6.07) is 3.67. The van der Waals surface area contributed by atoms with Crippen molar-refractivity contribution in [1.82, 2.24) is 9.88 Å². The Balaban J connectivity index is 1.39. The van der Waals surface area contributed by atoms with Gasteiger partial charge in [0.15, 0.2) is 0 Å². The molecule has 1 saturated heterocycles. The number of carbonyl (C=O) groups excluding carboxylic acids is 1. The number of nitrogens with zero attached hydrogens (tertiary/aromatic N) is 2. The van der Waals surface area contributed by atoms with Crippen molar-refractivity contribution in [3.63, 3.8) is 0 Å². The number of hydrogen-bond donors (Lipinski definition) is 1. The molecule has 5 heteroatoms. The third-order valence-electron chi connectivity index (χ3n) is 4.93. The summed E-state index contributed by atoms with van der Waals surface area (Å²) >= 11 is 0. The lowest BCUT2D eigenvalue weighted by Crippen LogP contribution is -2.27. The van der Waals surface area contributed by atoms with E-state index in [1.54, 1.807) is 12.3 Å². The number of pyridine rings is 1. The Hall–Kier alpha value is -1.62. The molecule has 24 heavy (non-hydrogen) atoms. The Morgan fingerprint density at radius 1 is 1.21 bits per heavy atom. The van der Waals surface area contributed by atoms with Gasteiger partial charge in [-0.1, -0.05) is 19.3 Å². The number of amides is 1. The van der Waals surface area contributed by atoms with Crippen LogP contribution in [0.4, 0.5) is 5.82 Å². The van der Waals surface area contributed by atoms with Crippen molar-refractivity contribution < 1.29 is 9.53 Å². The van der Waals surface area contributed by atoms with Crippen molar-refractivity contribution in [3.8, 4) is 0 Å². The van der Waals surface area contributed by atoms with Crippen LogP contribution in [0, 0.1) is 0 Å². The summed E-state index contributed by atoms with van der Waals surface area (Å²) in [4.78, 5) is 18.6. The molecule has 1 aliphatic carbocycles. The second-order valence-electron chi connectivity index (χ2n) is 6.84. The summed E-state index contributed by atoms with van der Waals surface area (Å²) in [5.41, 5.74) is 0.729. The maximum Gasteiger partial charge on any atom is 0.254 e. The molecule has 0 aromatic carbocycles. The van der Waals surface area contributed by atoms with E-state index in [4.69, 9.17) is 4.74 Å². The minimum atomic E-state index is 0.124. The van der Waals surface area contributed by atoms with E-state index in [1.807, 2.05) is 11.0 Å². The van der Waals surface area contributed by atoms with Gasteiger partial charge in [0.1, 0.15) is 5.82 Å². The summed E-state index contributed by atoms with van der Waals surface area (Å²) < 4.78 is 5.93. The molecule has 1 amide bonds. The number of rotatable bonds is 7. The normalized spacial score (nSPS) is 18.8. The van der Waals surface area contributed by atoms with Crippen LogP contribution in [0.2, 0.25) is 0 Å². The van der Waals surface area contributed by atoms with Gasteiger partial charge >= 0.3 is 0 Å². The molecule has 0 bridgehead atoms. The van der Waals surface area contributed by atoms with Crippen LogP contribution in [0.5, 0.6) is 0 Å². The lowest BCUT2D eigenvalue weighted by molar-refractivity contribution is 0.0284. The van der Waals surface area contributed by atoms with Gasteiger partial charge in [-0.2, -0.15) is 0 Å². The molecule has 0 spiro atoms. The van der Waals surface area contributed by atoms with E-state index in [1.165, 1.54) is 32.1 Å². The number of ether oxygens (including phenoxy) is 1. The molecule has 5 nitrogen and oxygen atoms in total. The van der Waals surface area contributed by atoms with E-state index in [9.17, 15) is 4.79 Å². The highest BCUT2D eigenvalue weighted by atomic mass is 16.5. The Morgan fingerprint density at radius 2 is 2.00 bits per heavy atom. The molecule has 1 aliphatic heterocycles. The summed E-state index contributed by atoms with van der Waals surface area (Å²) in [5.74, 6) is 0.899. The molecular weight excluding hydrogens is 302 g/mol. The van der Waals surface area contributed by atoms with E-state index in [-0.39, 0.29) is 5.91 Å². The zero-order valence-electron chi connectivity index (χ0n) is 14.5. The lowest BCUT2D eigenvalue weighted by Gasteiger charge is -2.22. The lowest BCUT2D eigenvalue weighted by atomic mass is 9.98. The van der Waals surface area contributed by atoms with Gasteiger partial charge in [0, 0.05) is 38.0 Å². The molecule has 1 aromatic rings. The molecule has 2 aliphatic rings. The highest BCUT2D eigenvalue weighted by Crippen LogP contribution is 2.20. The molecule has 132 valence electrons. The second kappa shape index (κ2) is 9.02. The first-order valence-electron chi connectivity index (χ1n) is 9.44. The number of nitrogens with one attached hydrogen (secondary N) is 1. The van der Waals surface area contributed by atoms with Crippen molar-refractivity contribution in [2.24, 2.45) is 0 Å². The molecular formula is C19H29N3O2. The third-order valence-corrected chi connectivity index (χ3v) is 4.93. The van der Waals surface area contributed by atoms with Gasteiger partial charge in [-0.3, -0.25) is 4.79 Å². The highest BCUT2D eigenvalue weighted by molar-refractivity contribution is 5.94. The summed E-state index contributed by atoms with van der Waals surface area (Å²) in [6.07, 6.45) is 11.8. The first kappa shape index (κ1) is 17.2. The standard InChI is InChI=1S/C19H29N3O2/c23-19(22-12-4-5-13-22)16-9-11-21-18(15-16)20-10-6-14-24-17-7-2-1-3-8-17/h9,11,15,17H,1-8,10,12-14H2,(H,20,21). The molecule has 2 heterocycles. The Labute approximate surface area is 144 Å². The molecule has 1 N–H and O–H groups in total. The summed E-state index contributed by atoms with van der Waals surface area (Å²) in [6.45, 7) is 3.37. The predicted molar refractivity (Wildman–Crippen MR) is 95.3 cm³/mol. The van der Waals surface area contributed by atoms with Crippen molar-refractivity contribution in [3.05, 3.63) is 23.9 Å². The number of anilines is 1. The first-order valence-corrected chi connectivity index (χ1v) is 9.44. The fraction of sp³-hybridized carbons (Fsp3) is 0.684. The molecule has 2 fully saturated rings. The Kier molecular flexibility index (Phi) is 6.47. The number of aromatic nitrogens is 1. The maximum atomic E-state index is 12.4. The van der Waals surface area contributed by atoms with Crippen molar-refractivity contribution >= 4 is 11.7 Å². The minimum Gasteiger partial charge on any atom is -0.378 e. The van der Waals surface area contributed by atoms with Gasteiger partial charge in [0.05, 0.1) is 6.10 Å². The molecule has 1 saturated carbocycles. The van der Waals surface area contributed by atoms with Crippen LogP contribution in [0.15, 0.2) is 18.3 Å². The largest absolute Gasteiger partial charge is 0.378 e. The van der Waals surface area contributed by atoms with Gasteiger partial charge in [-0.15, -0.1) is 0 Å². The summed E-state index contributed by atoms with van der Waals surface area (Å²) in [7, 11) is 0. The van der Waals surface area contributed by atoms with Crippen LogP contribution >= 0.6 is 0 Å². The van der Waals surface area contributed by atoms with Crippen molar-refractivity contribution in [2.75, 3.05) is 31.6 Å². The predicted octanol–water partition coefficient (Wildman–Crippen LogP) is 3.47. The molecule has 0 radical (unpaired) electrons. The zero-order chi connectivity index (χ0) is 16.6. The first-order chi connectivity index (χ1) is 11.8. The Bertz CT molecular complexity index is 523. The van der Waals surface area contributed by atoms with Gasteiger partial charge in [0.2, 0.25) is 0 Å². The van der Waals surface area contributed by atoms with Crippen LogP contribution < -0.4 is 5.32 Å². The van der Waals surface area contributed by atoms with Gasteiger partial charge in [-0.05, 0) is 44.2 Å². The quantitative estimate of drug-likeness (QED) is 0.777. The molecule has 1 aromatic heterocycles. The van der Waals surface area contributed by atoms with E-state index < -0.39 is 0 Å². The summed E-state index contributed by atoms with van der Waals surface area (Å²) in [5, 5.41) is 3.31.